The van der Waals surface area contributed by atoms with Crippen LogP contribution in [0.3, 0.4) is 0 Å². The van der Waals surface area contributed by atoms with Crippen LogP contribution in [0.15, 0.2) is 18.2 Å². The molecule has 1 aromatic rings. The molecule has 1 atom stereocenters. The van der Waals surface area contributed by atoms with Crippen molar-refractivity contribution >= 4 is 11.7 Å². The summed E-state index contributed by atoms with van der Waals surface area (Å²) in [5.41, 5.74) is 0.392. The molecule has 2 aliphatic rings. The molecule has 22 heavy (non-hydrogen) atoms. The monoisotopic (exact) mass is 300 g/mol. The van der Waals surface area contributed by atoms with Gasteiger partial charge >= 0.3 is 0 Å². The number of ether oxygens (including phenoxy) is 1. The number of likely N-dealkylation sites (tertiary alicyclic amines) is 1. The second-order valence-corrected chi connectivity index (χ2v) is 5.68. The first-order valence-corrected chi connectivity index (χ1v) is 7.80. The molecule has 0 N–H and O–H groups in total. The van der Waals surface area contributed by atoms with Crippen LogP contribution < -0.4 is 4.90 Å². The molecule has 0 aromatic carbocycles. The molecular formula is C16H20N4O2. The second-order valence-electron chi connectivity index (χ2n) is 5.68. The average molecular weight is 300 g/mol. The van der Waals surface area contributed by atoms with Crippen LogP contribution in [0, 0.1) is 11.3 Å². The van der Waals surface area contributed by atoms with Crippen LogP contribution in [0.5, 0.6) is 0 Å². The highest BCUT2D eigenvalue weighted by atomic mass is 16.5. The number of pyridine rings is 1. The lowest BCUT2D eigenvalue weighted by Gasteiger charge is -2.36. The third kappa shape index (κ3) is 3.20. The molecule has 6 heteroatoms. The first-order chi connectivity index (χ1) is 10.8. The molecule has 1 unspecified atom stereocenters. The van der Waals surface area contributed by atoms with Gasteiger partial charge in [-0.3, -0.25) is 4.79 Å². The van der Waals surface area contributed by atoms with E-state index in [0.29, 0.717) is 25.4 Å². The molecule has 3 heterocycles. The SMILES string of the molecule is N#Cc1cccc(N2CCOC(C(=O)N3CCCCC3)C2)n1. The van der Waals surface area contributed by atoms with Gasteiger partial charge in [0.2, 0.25) is 0 Å². The Balaban J connectivity index is 1.68. The number of hydrogen-bond donors (Lipinski definition) is 0. The van der Waals surface area contributed by atoms with Gasteiger partial charge in [-0.15, -0.1) is 0 Å². The zero-order valence-electron chi connectivity index (χ0n) is 12.6. The number of morpholine rings is 1. The van der Waals surface area contributed by atoms with E-state index in [4.69, 9.17) is 10.00 Å². The standard InChI is InChI=1S/C16H20N4O2/c17-11-13-5-4-6-15(18-13)20-9-10-22-14(12-20)16(21)19-7-2-1-3-8-19/h4-6,14H,1-3,7-10,12H2. The molecule has 0 spiro atoms. The zero-order valence-corrected chi connectivity index (χ0v) is 12.6. The molecular weight excluding hydrogens is 280 g/mol. The summed E-state index contributed by atoms with van der Waals surface area (Å²) < 4.78 is 5.68. The number of rotatable bonds is 2. The third-order valence-corrected chi connectivity index (χ3v) is 4.18. The molecule has 0 aliphatic carbocycles. The van der Waals surface area contributed by atoms with Crippen molar-refractivity contribution < 1.29 is 9.53 Å². The van der Waals surface area contributed by atoms with Gasteiger partial charge in [0, 0.05) is 19.6 Å². The number of nitrogens with zero attached hydrogens (tertiary/aromatic N) is 4. The highest BCUT2D eigenvalue weighted by Crippen LogP contribution is 2.18. The van der Waals surface area contributed by atoms with Crippen LogP contribution in [0.25, 0.3) is 0 Å². The molecule has 1 amide bonds. The van der Waals surface area contributed by atoms with Crippen molar-refractivity contribution in [3.8, 4) is 6.07 Å². The summed E-state index contributed by atoms with van der Waals surface area (Å²) in [5, 5.41) is 8.95. The van der Waals surface area contributed by atoms with Gasteiger partial charge in [0.15, 0.2) is 6.10 Å². The van der Waals surface area contributed by atoms with E-state index in [2.05, 4.69) is 4.98 Å². The van der Waals surface area contributed by atoms with Crippen molar-refractivity contribution in [2.24, 2.45) is 0 Å². The zero-order chi connectivity index (χ0) is 15.4. The summed E-state index contributed by atoms with van der Waals surface area (Å²) in [7, 11) is 0. The highest BCUT2D eigenvalue weighted by molar-refractivity contribution is 5.82. The van der Waals surface area contributed by atoms with E-state index in [1.165, 1.54) is 6.42 Å². The van der Waals surface area contributed by atoms with Crippen molar-refractivity contribution in [1.82, 2.24) is 9.88 Å². The number of carbonyl (C=O) groups is 1. The fourth-order valence-corrected chi connectivity index (χ4v) is 2.99. The first kappa shape index (κ1) is 14.8. The largest absolute Gasteiger partial charge is 0.365 e. The Labute approximate surface area is 130 Å². The number of nitriles is 1. The van der Waals surface area contributed by atoms with Gasteiger partial charge < -0.3 is 14.5 Å². The number of carbonyl (C=O) groups excluding carboxylic acids is 1. The van der Waals surface area contributed by atoms with Gasteiger partial charge in [0.25, 0.3) is 5.91 Å². The Bertz CT molecular complexity index is 578. The van der Waals surface area contributed by atoms with Crippen molar-refractivity contribution in [2.45, 2.75) is 25.4 Å². The summed E-state index contributed by atoms with van der Waals surface area (Å²) >= 11 is 0. The first-order valence-electron chi connectivity index (χ1n) is 7.80. The fourth-order valence-electron chi connectivity index (χ4n) is 2.99. The van der Waals surface area contributed by atoms with Gasteiger partial charge in [-0.1, -0.05) is 6.07 Å². The fraction of sp³-hybridized carbons (Fsp3) is 0.562. The minimum absolute atomic E-state index is 0.0841. The van der Waals surface area contributed by atoms with E-state index in [9.17, 15) is 4.79 Å². The Hall–Kier alpha value is -2.13. The minimum atomic E-state index is -0.431. The van der Waals surface area contributed by atoms with Crippen molar-refractivity contribution in [1.29, 1.82) is 5.26 Å². The predicted molar refractivity (Wildman–Crippen MR) is 81.3 cm³/mol. The van der Waals surface area contributed by atoms with Crippen LogP contribution >= 0.6 is 0 Å². The van der Waals surface area contributed by atoms with E-state index in [1.807, 2.05) is 28.0 Å². The Morgan fingerprint density at radius 3 is 2.86 bits per heavy atom. The van der Waals surface area contributed by atoms with Crippen LogP contribution in [0.4, 0.5) is 5.82 Å². The second kappa shape index (κ2) is 6.75. The van der Waals surface area contributed by atoms with Gasteiger partial charge in [0.1, 0.15) is 17.6 Å². The van der Waals surface area contributed by atoms with Crippen molar-refractivity contribution in [3.63, 3.8) is 0 Å². The summed E-state index contributed by atoms with van der Waals surface area (Å²) in [5.74, 6) is 0.819. The summed E-state index contributed by atoms with van der Waals surface area (Å²) in [6.45, 7) is 3.35. The van der Waals surface area contributed by atoms with Crippen LogP contribution in [0.2, 0.25) is 0 Å². The maximum absolute atomic E-state index is 12.6. The summed E-state index contributed by atoms with van der Waals surface area (Å²) in [6.07, 6.45) is 2.92. The maximum Gasteiger partial charge on any atom is 0.253 e. The number of hydrogen-bond acceptors (Lipinski definition) is 5. The van der Waals surface area contributed by atoms with Gasteiger partial charge in [-0.05, 0) is 31.4 Å². The highest BCUT2D eigenvalue weighted by Gasteiger charge is 2.31. The molecule has 2 saturated heterocycles. The Kier molecular flexibility index (Phi) is 4.54. The number of piperidine rings is 1. The molecule has 2 aliphatic heterocycles. The third-order valence-electron chi connectivity index (χ3n) is 4.18. The van der Waals surface area contributed by atoms with Gasteiger partial charge in [-0.2, -0.15) is 5.26 Å². The normalized spacial score (nSPS) is 22.2. The van der Waals surface area contributed by atoms with Crippen LogP contribution in [0.1, 0.15) is 25.0 Å². The van der Waals surface area contributed by atoms with Crippen LogP contribution in [-0.4, -0.2) is 54.7 Å². The lowest BCUT2D eigenvalue weighted by atomic mass is 10.1. The van der Waals surface area contributed by atoms with E-state index in [-0.39, 0.29) is 5.91 Å². The molecule has 3 rings (SSSR count). The summed E-state index contributed by atoms with van der Waals surface area (Å²) in [4.78, 5) is 20.8. The van der Waals surface area contributed by atoms with E-state index in [1.54, 1.807) is 6.07 Å². The quantitative estimate of drug-likeness (QED) is 0.820. The molecule has 2 fully saturated rings. The van der Waals surface area contributed by atoms with E-state index < -0.39 is 6.10 Å². The molecule has 0 radical (unpaired) electrons. The van der Waals surface area contributed by atoms with Crippen molar-refractivity contribution in [3.05, 3.63) is 23.9 Å². The number of amides is 1. The number of aromatic nitrogens is 1. The maximum atomic E-state index is 12.6. The Morgan fingerprint density at radius 2 is 2.09 bits per heavy atom. The summed E-state index contributed by atoms with van der Waals surface area (Å²) in [6, 6.07) is 7.42. The minimum Gasteiger partial charge on any atom is -0.365 e. The molecule has 0 saturated carbocycles. The smallest absolute Gasteiger partial charge is 0.253 e. The van der Waals surface area contributed by atoms with Gasteiger partial charge in [0.05, 0.1) is 13.2 Å². The molecule has 116 valence electrons. The van der Waals surface area contributed by atoms with Crippen LogP contribution in [-0.2, 0) is 9.53 Å². The molecule has 6 nitrogen and oxygen atoms in total. The van der Waals surface area contributed by atoms with Gasteiger partial charge in [-0.25, -0.2) is 4.98 Å². The van der Waals surface area contributed by atoms with Crippen molar-refractivity contribution in [2.75, 3.05) is 37.7 Å². The average Bonchev–Trinajstić information content (AvgIpc) is 2.62. The predicted octanol–water partition coefficient (Wildman–Crippen LogP) is 1.17. The number of anilines is 1. The lowest BCUT2D eigenvalue weighted by Crippen LogP contribution is -2.52. The molecule has 1 aromatic heterocycles. The molecule has 0 bridgehead atoms. The van der Waals surface area contributed by atoms with E-state index >= 15 is 0 Å². The Morgan fingerprint density at radius 1 is 1.27 bits per heavy atom. The topological polar surface area (TPSA) is 69.5 Å². The lowest BCUT2D eigenvalue weighted by molar-refractivity contribution is -0.145. The van der Waals surface area contributed by atoms with E-state index in [0.717, 1.165) is 31.7 Å².